The van der Waals surface area contributed by atoms with Crippen LogP contribution in [0.15, 0.2) is 29.2 Å². The lowest BCUT2D eigenvalue weighted by Crippen LogP contribution is -2.13. The van der Waals surface area contributed by atoms with Crippen LogP contribution in [-0.2, 0) is 0 Å². The van der Waals surface area contributed by atoms with Gasteiger partial charge in [0.15, 0.2) is 0 Å². The molecule has 106 valence electrons. The molecule has 0 unspecified atom stereocenters. The van der Waals surface area contributed by atoms with E-state index in [0.717, 1.165) is 25.0 Å². The molecule has 1 nitrogen and oxygen atoms in total. The van der Waals surface area contributed by atoms with Crippen LogP contribution in [0.1, 0.15) is 24.4 Å². The first-order chi connectivity index (χ1) is 7.47. The maximum Gasteiger partial charge on any atom is 0.310 e. The summed E-state index contributed by atoms with van der Waals surface area (Å²) in [6.07, 6.45) is 1.87. The first kappa shape index (κ1) is 15.5. The van der Waals surface area contributed by atoms with Gasteiger partial charge in [-0.05, 0) is 36.5 Å². The minimum absolute atomic E-state index is 0. The predicted octanol–water partition coefficient (Wildman–Crippen LogP) is 5.18. The third-order valence-corrected chi connectivity index (χ3v) is 4.00. The fourth-order valence-corrected chi connectivity index (χ4v) is 2.33. The molecule has 1 atom stereocenters. The number of rotatable bonds is 3. The van der Waals surface area contributed by atoms with E-state index in [1.165, 1.54) is 0 Å². The van der Waals surface area contributed by atoms with Gasteiger partial charge in [0, 0.05) is 6.04 Å². The lowest BCUT2D eigenvalue weighted by molar-refractivity contribution is 0.364. The molecule has 1 saturated carbocycles. The van der Waals surface area contributed by atoms with Crippen molar-refractivity contribution in [2.24, 2.45) is 11.7 Å². The van der Waals surface area contributed by atoms with Crippen LogP contribution in [0.3, 0.4) is 0 Å². The normalized spacial score (nSPS) is 21.4. The van der Waals surface area contributed by atoms with Crippen molar-refractivity contribution in [1.82, 2.24) is 0 Å². The highest BCUT2D eigenvalue weighted by Crippen LogP contribution is 3.02. The van der Waals surface area contributed by atoms with Gasteiger partial charge in [0.25, 0.3) is 0 Å². The molecule has 0 bridgehead atoms. The zero-order chi connectivity index (χ0) is 13.0. The maximum atomic E-state index is 12.4. The van der Waals surface area contributed by atoms with Gasteiger partial charge in [-0.2, -0.15) is 0 Å². The van der Waals surface area contributed by atoms with Gasteiger partial charge < -0.3 is 5.73 Å². The number of hydrogen-bond acceptors (Lipinski definition) is 1. The van der Waals surface area contributed by atoms with E-state index < -0.39 is 15.1 Å². The summed E-state index contributed by atoms with van der Waals surface area (Å²) in [4.78, 5) is -1.86. The fraction of sp³-hybridized carbons (Fsp3) is 0.400. The zero-order valence-corrected chi connectivity index (χ0v) is 10.8. The average molecular weight is 310 g/mol. The molecule has 0 spiro atoms. The highest BCUT2D eigenvalue weighted by molar-refractivity contribution is 8.45. The molecule has 1 aliphatic rings. The summed E-state index contributed by atoms with van der Waals surface area (Å²) in [6.45, 7) is 0. The molecule has 1 aromatic carbocycles. The van der Waals surface area contributed by atoms with Crippen molar-refractivity contribution >= 4 is 22.6 Å². The summed E-state index contributed by atoms with van der Waals surface area (Å²) in [5.74, 6) is 0.265. The second-order valence-electron chi connectivity index (χ2n) is 4.40. The summed E-state index contributed by atoms with van der Waals surface area (Å²) < 4.78 is 62.1. The monoisotopic (exact) mass is 309 g/mol. The van der Waals surface area contributed by atoms with E-state index in [1.54, 1.807) is 0 Å². The quantitative estimate of drug-likeness (QED) is 0.765. The molecule has 0 aliphatic heterocycles. The van der Waals surface area contributed by atoms with E-state index in [0.29, 0.717) is 17.7 Å². The maximum absolute atomic E-state index is 12.4. The van der Waals surface area contributed by atoms with E-state index in [9.17, 15) is 19.4 Å². The van der Waals surface area contributed by atoms with Crippen molar-refractivity contribution in [2.75, 3.05) is 0 Å². The van der Waals surface area contributed by atoms with E-state index >= 15 is 0 Å². The third-order valence-electron chi connectivity index (χ3n) is 2.84. The van der Waals surface area contributed by atoms with Gasteiger partial charge in [-0.1, -0.05) is 31.6 Å². The lowest BCUT2D eigenvalue weighted by atomic mass is 10.0. The SMILES string of the molecule is Cl.N[C@@H](c1ccc(S(F)(F)(F)(F)F)cc1)C1CC1. The van der Waals surface area contributed by atoms with E-state index in [2.05, 4.69) is 0 Å². The molecule has 0 heterocycles. The Morgan fingerprint density at radius 3 is 1.78 bits per heavy atom. The Morgan fingerprint density at radius 2 is 1.44 bits per heavy atom. The van der Waals surface area contributed by atoms with Crippen molar-refractivity contribution in [3.8, 4) is 0 Å². The fourth-order valence-electron chi connectivity index (χ4n) is 1.67. The van der Waals surface area contributed by atoms with Crippen LogP contribution in [-0.4, -0.2) is 0 Å². The molecule has 0 amide bonds. The first-order valence-electron chi connectivity index (χ1n) is 5.07. The van der Waals surface area contributed by atoms with Gasteiger partial charge in [-0.15, -0.1) is 12.4 Å². The van der Waals surface area contributed by atoms with Crippen LogP contribution in [0.4, 0.5) is 19.4 Å². The van der Waals surface area contributed by atoms with Crippen LogP contribution in [0.25, 0.3) is 0 Å². The second-order valence-corrected chi connectivity index (χ2v) is 6.81. The van der Waals surface area contributed by atoms with E-state index in [4.69, 9.17) is 5.73 Å². The highest BCUT2D eigenvalue weighted by Gasteiger charge is 2.65. The van der Waals surface area contributed by atoms with E-state index in [1.807, 2.05) is 0 Å². The van der Waals surface area contributed by atoms with Crippen LogP contribution in [0.5, 0.6) is 0 Å². The zero-order valence-electron chi connectivity index (χ0n) is 9.16. The van der Waals surface area contributed by atoms with Crippen molar-refractivity contribution < 1.29 is 19.4 Å². The molecule has 1 aromatic rings. The topological polar surface area (TPSA) is 26.0 Å². The summed E-state index contributed by atoms with van der Waals surface area (Å²) in [5.41, 5.74) is 6.24. The second kappa shape index (κ2) is 3.74. The number of halogens is 6. The van der Waals surface area contributed by atoms with Crippen molar-refractivity contribution in [1.29, 1.82) is 0 Å². The molecule has 1 aliphatic carbocycles. The van der Waals surface area contributed by atoms with Crippen LogP contribution in [0, 0.1) is 5.92 Å². The Labute approximate surface area is 108 Å². The Bertz CT molecular complexity index is 439. The standard InChI is InChI=1S/C10H12F5NS.ClH/c11-17(12,13,14,15)9-5-3-8(4-6-9)10(16)7-1-2-7;/h3-7,10H,1-2,16H2;1H/t10-;/m1./s1. The van der Waals surface area contributed by atoms with Crippen molar-refractivity contribution in [3.05, 3.63) is 29.8 Å². The van der Waals surface area contributed by atoms with Crippen LogP contribution < -0.4 is 5.73 Å². The molecule has 1 fully saturated rings. The van der Waals surface area contributed by atoms with Crippen molar-refractivity contribution in [2.45, 2.75) is 23.8 Å². The molecule has 0 saturated heterocycles. The van der Waals surface area contributed by atoms with Crippen LogP contribution in [0.2, 0.25) is 0 Å². The number of nitrogens with two attached hydrogens (primary N) is 1. The summed E-state index contributed by atoms with van der Waals surface area (Å²) in [5, 5.41) is 0. The highest BCUT2D eigenvalue weighted by atomic mass is 35.5. The van der Waals surface area contributed by atoms with Gasteiger partial charge in [-0.3, -0.25) is 0 Å². The summed E-state index contributed by atoms with van der Waals surface area (Å²) in [6, 6.07) is 2.55. The number of hydrogen-bond donors (Lipinski definition) is 1. The Kier molecular flexibility index (Phi) is 3.23. The Morgan fingerprint density at radius 1 is 1.00 bits per heavy atom. The minimum atomic E-state index is -9.55. The van der Waals surface area contributed by atoms with Gasteiger partial charge in [0.2, 0.25) is 0 Å². The molecule has 8 heteroatoms. The van der Waals surface area contributed by atoms with Gasteiger partial charge in [0.1, 0.15) is 4.90 Å². The largest absolute Gasteiger partial charge is 0.324 e. The van der Waals surface area contributed by atoms with Crippen LogP contribution >= 0.6 is 22.6 Å². The molecule has 0 aromatic heterocycles. The Balaban J connectivity index is 0.00000162. The van der Waals surface area contributed by atoms with Crippen molar-refractivity contribution in [3.63, 3.8) is 0 Å². The molecular formula is C10H13ClF5NS. The third kappa shape index (κ3) is 3.49. The van der Waals surface area contributed by atoms with Gasteiger partial charge in [0.05, 0.1) is 0 Å². The molecule has 2 rings (SSSR count). The minimum Gasteiger partial charge on any atom is -0.324 e. The smallest absolute Gasteiger partial charge is 0.310 e. The average Bonchev–Trinajstić information content (AvgIpc) is 2.96. The first-order valence-corrected chi connectivity index (χ1v) is 7.02. The summed E-state index contributed by atoms with van der Waals surface area (Å²) in [7, 11) is -9.55. The lowest BCUT2D eigenvalue weighted by Gasteiger charge is -2.40. The number of benzene rings is 1. The summed E-state index contributed by atoms with van der Waals surface area (Å²) >= 11 is 0. The predicted molar refractivity (Wildman–Crippen MR) is 64.7 cm³/mol. The molecular weight excluding hydrogens is 297 g/mol. The van der Waals surface area contributed by atoms with Gasteiger partial charge >= 0.3 is 10.2 Å². The molecule has 18 heavy (non-hydrogen) atoms. The molecule has 2 N–H and O–H groups in total. The molecule has 0 radical (unpaired) electrons. The van der Waals surface area contributed by atoms with E-state index in [-0.39, 0.29) is 24.4 Å². The Hall–Kier alpha value is -0.530. The van der Waals surface area contributed by atoms with Gasteiger partial charge in [-0.25, -0.2) is 0 Å².